The lowest BCUT2D eigenvalue weighted by Gasteiger charge is -2.08. The zero-order chi connectivity index (χ0) is 15.1. The highest BCUT2D eigenvalue weighted by atomic mass is 16.5. The zero-order valence-corrected chi connectivity index (χ0v) is 11.7. The Labute approximate surface area is 123 Å². The summed E-state index contributed by atoms with van der Waals surface area (Å²) in [5.74, 6) is 1.16. The Bertz CT molecular complexity index is 656. The first-order chi connectivity index (χ1) is 10.2. The van der Waals surface area contributed by atoms with Crippen LogP contribution in [0.3, 0.4) is 0 Å². The predicted molar refractivity (Wildman–Crippen MR) is 78.6 cm³/mol. The van der Waals surface area contributed by atoms with Gasteiger partial charge in [0.25, 0.3) is 0 Å². The zero-order valence-electron chi connectivity index (χ0n) is 11.7. The first kappa shape index (κ1) is 14.6. The van der Waals surface area contributed by atoms with Gasteiger partial charge in [0.1, 0.15) is 11.5 Å². The summed E-state index contributed by atoms with van der Waals surface area (Å²) in [6.45, 7) is 2.43. The van der Waals surface area contributed by atoms with E-state index in [0.29, 0.717) is 29.2 Å². The molecule has 0 bridgehead atoms. The van der Waals surface area contributed by atoms with Crippen molar-refractivity contribution in [2.75, 3.05) is 13.2 Å². The van der Waals surface area contributed by atoms with Crippen LogP contribution >= 0.6 is 0 Å². The number of hydrogen-bond donors (Lipinski definition) is 0. The summed E-state index contributed by atoms with van der Waals surface area (Å²) in [5.41, 5.74) is 1.05. The maximum absolute atomic E-state index is 12.0. The molecule has 0 aromatic heterocycles. The topological polar surface area (TPSA) is 59.3 Å². The van der Waals surface area contributed by atoms with Crippen LogP contribution in [0.2, 0.25) is 0 Å². The third-order valence-corrected chi connectivity index (χ3v) is 2.82. The second-order valence-corrected chi connectivity index (χ2v) is 4.31. The summed E-state index contributed by atoms with van der Waals surface area (Å²) in [4.78, 5) is 12.0. The molecule has 106 valence electrons. The van der Waals surface area contributed by atoms with Gasteiger partial charge in [-0.3, -0.25) is 4.79 Å². The van der Waals surface area contributed by atoms with Crippen LogP contribution in [-0.2, 0) is 0 Å². The lowest BCUT2D eigenvalue weighted by molar-refractivity contribution is 0.0921. The average Bonchev–Trinajstić information content (AvgIpc) is 2.53. The largest absolute Gasteiger partial charge is 0.494 e. The summed E-state index contributed by atoms with van der Waals surface area (Å²) in [5, 5.41) is 8.72. The summed E-state index contributed by atoms with van der Waals surface area (Å²) in [7, 11) is 0. The maximum atomic E-state index is 12.0. The van der Waals surface area contributed by atoms with Crippen molar-refractivity contribution in [3.63, 3.8) is 0 Å². The van der Waals surface area contributed by atoms with E-state index < -0.39 is 0 Å². The normalized spacial score (nSPS) is 9.71. The van der Waals surface area contributed by atoms with Gasteiger partial charge in [-0.25, -0.2) is 0 Å². The van der Waals surface area contributed by atoms with Crippen molar-refractivity contribution in [3.05, 3.63) is 59.7 Å². The van der Waals surface area contributed by atoms with E-state index in [4.69, 9.17) is 14.7 Å². The van der Waals surface area contributed by atoms with Gasteiger partial charge >= 0.3 is 0 Å². The monoisotopic (exact) mass is 281 g/mol. The number of benzene rings is 2. The van der Waals surface area contributed by atoms with Crippen LogP contribution in [0.4, 0.5) is 0 Å². The van der Waals surface area contributed by atoms with Crippen LogP contribution in [0.1, 0.15) is 22.8 Å². The molecule has 0 radical (unpaired) electrons. The minimum absolute atomic E-state index is 0.0541. The SMILES string of the molecule is CCOc1cccc(OCC(=O)c2ccc(C#N)cc2)c1. The van der Waals surface area contributed by atoms with E-state index >= 15 is 0 Å². The molecule has 0 aliphatic carbocycles. The van der Waals surface area contributed by atoms with Gasteiger partial charge in [0.2, 0.25) is 0 Å². The van der Waals surface area contributed by atoms with Gasteiger partial charge < -0.3 is 9.47 Å². The number of rotatable bonds is 6. The van der Waals surface area contributed by atoms with Gasteiger partial charge in [-0.1, -0.05) is 6.07 Å². The van der Waals surface area contributed by atoms with E-state index in [-0.39, 0.29) is 12.4 Å². The highest BCUT2D eigenvalue weighted by Crippen LogP contribution is 2.19. The molecule has 0 fully saturated rings. The van der Waals surface area contributed by atoms with Crippen LogP contribution in [0, 0.1) is 11.3 Å². The van der Waals surface area contributed by atoms with Crippen LogP contribution in [-0.4, -0.2) is 19.0 Å². The number of carbonyl (C=O) groups is 1. The third-order valence-electron chi connectivity index (χ3n) is 2.82. The standard InChI is InChI=1S/C17H15NO3/c1-2-20-15-4-3-5-16(10-15)21-12-17(19)14-8-6-13(11-18)7-9-14/h3-10H,2,12H2,1H3. The molecular weight excluding hydrogens is 266 g/mol. The summed E-state index contributed by atoms with van der Waals surface area (Å²) >= 11 is 0. The van der Waals surface area contributed by atoms with Gasteiger partial charge in [-0.2, -0.15) is 5.26 Å². The molecule has 0 spiro atoms. The average molecular weight is 281 g/mol. The number of hydrogen-bond acceptors (Lipinski definition) is 4. The Morgan fingerprint density at radius 3 is 2.38 bits per heavy atom. The minimum Gasteiger partial charge on any atom is -0.494 e. The van der Waals surface area contributed by atoms with Crippen molar-refractivity contribution >= 4 is 5.78 Å². The molecule has 0 unspecified atom stereocenters. The molecule has 2 aromatic rings. The Kier molecular flexibility index (Phi) is 4.94. The molecule has 4 heteroatoms. The quantitative estimate of drug-likeness (QED) is 0.763. The first-order valence-electron chi connectivity index (χ1n) is 6.62. The molecule has 4 nitrogen and oxygen atoms in total. The molecule has 0 saturated carbocycles. The van der Waals surface area contributed by atoms with Crippen molar-refractivity contribution in [1.82, 2.24) is 0 Å². The smallest absolute Gasteiger partial charge is 0.200 e. The second kappa shape index (κ2) is 7.11. The fraction of sp³-hybridized carbons (Fsp3) is 0.176. The lowest BCUT2D eigenvalue weighted by atomic mass is 10.1. The first-order valence-corrected chi connectivity index (χ1v) is 6.62. The second-order valence-electron chi connectivity index (χ2n) is 4.31. The summed E-state index contributed by atoms with van der Waals surface area (Å²) < 4.78 is 10.8. The van der Waals surface area contributed by atoms with Crippen LogP contribution in [0.5, 0.6) is 11.5 Å². The Balaban J connectivity index is 1.97. The van der Waals surface area contributed by atoms with E-state index in [1.807, 2.05) is 25.1 Å². The number of ketones is 1. The Morgan fingerprint density at radius 1 is 1.10 bits per heavy atom. The number of Topliss-reactive ketones (excluding diaryl/α,β-unsaturated/α-hetero) is 1. The van der Waals surface area contributed by atoms with Gasteiger partial charge in [-0.15, -0.1) is 0 Å². The van der Waals surface area contributed by atoms with Crippen molar-refractivity contribution in [1.29, 1.82) is 5.26 Å². The molecule has 0 atom stereocenters. The molecule has 0 aliphatic rings. The number of ether oxygens (including phenoxy) is 2. The highest BCUT2D eigenvalue weighted by molar-refractivity contribution is 5.97. The van der Waals surface area contributed by atoms with Gasteiger partial charge in [-0.05, 0) is 43.3 Å². The minimum atomic E-state index is -0.138. The highest BCUT2D eigenvalue weighted by Gasteiger charge is 2.07. The fourth-order valence-corrected chi connectivity index (χ4v) is 1.78. The molecule has 0 N–H and O–H groups in total. The molecule has 21 heavy (non-hydrogen) atoms. The third kappa shape index (κ3) is 4.08. The number of nitrogens with zero attached hydrogens (tertiary/aromatic N) is 1. The van der Waals surface area contributed by atoms with Crippen molar-refractivity contribution in [2.24, 2.45) is 0 Å². The molecule has 2 rings (SSSR count). The molecule has 0 heterocycles. The predicted octanol–water partition coefficient (Wildman–Crippen LogP) is 3.22. The fourth-order valence-electron chi connectivity index (χ4n) is 1.78. The molecule has 0 aliphatic heterocycles. The molecule has 0 saturated heterocycles. The van der Waals surface area contributed by atoms with Crippen molar-refractivity contribution in [3.8, 4) is 17.6 Å². The van der Waals surface area contributed by atoms with E-state index in [2.05, 4.69) is 0 Å². The van der Waals surface area contributed by atoms with Gasteiger partial charge in [0.05, 0.1) is 18.2 Å². The lowest BCUT2D eigenvalue weighted by Crippen LogP contribution is -2.11. The van der Waals surface area contributed by atoms with Crippen molar-refractivity contribution < 1.29 is 14.3 Å². The van der Waals surface area contributed by atoms with E-state index in [9.17, 15) is 4.79 Å². The van der Waals surface area contributed by atoms with Crippen LogP contribution in [0.25, 0.3) is 0 Å². The van der Waals surface area contributed by atoms with E-state index in [1.54, 1.807) is 36.4 Å². The van der Waals surface area contributed by atoms with E-state index in [0.717, 1.165) is 0 Å². The molecule has 0 amide bonds. The summed E-state index contributed by atoms with van der Waals surface area (Å²) in [6, 6.07) is 15.7. The summed E-state index contributed by atoms with van der Waals surface area (Å²) in [6.07, 6.45) is 0. The number of nitriles is 1. The number of carbonyl (C=O) groups excluding carboxylic acids is 1. The van der Waals surface area contributed by atoms with Gasteiger partial charge in [0.15, 0.2) is 12.4 Å². The molecular formula is C17H15NO3. The maximum Gasteiger partial charge on any atom is 0.200 e. The van der Waals surface area contributed by atoms with Crippen molar-refractivity contribution in [2.45, 2.75) is 6.92 Å². The van der Waals surface area contributed by atoms with Crippen LogP contribution in [0.15, 0.2) is 48.5 Å². The van der Waals surface area contributed by atoms with E-state index in [1.165, 1.54) is 0 Å². The van der Waals surface area contributed by atoms with Gasteiger partial charge in [0, 0.05) is 11.6 Å². The Morgan fingerprint density at radius 2 is 1.76 bits per heavy atom. The van der Waals surface area contributed by atoms with Crippen LogP contribution < -0.4 is 9.47 Å². The Hall–Kier alpha value is -2.80. The molecule has 2 aromatic carbocycles.